The minimum absolute atomic E-state index is 0.0231. The van der Waals surface area contributed by atoms with E-state index in [9.17, 15) is 4.79 Å². The predicted octanol–water partition coefficient (Wildman–Crippen LogP) is 3.61. The van der Waals surface area contributed by atoms with Gasteiger partial charge in [0.05, 0.1) is 39.6 Å². The van der Waals surface area contributed by atoms with Crippen LogP contribution in [0.2, 0.25) is 0 Å². The Balaban J connectivity index is 3.77. The molecule has 25 heavy (non-hydrogen) atoms. The van der Waals surface area contributed by atoms with Gasteiger partial charge in [0.1, 0.15) is 0 Å². The fraction of sp³-hybridized carbons (Fsp3) is 0.947. The largest absolute Gasteiger partial charge is 0.450 e. The normalized spacial score (nSPS) is 10.8. The van der Waals surface area contributed by atoms with Crippen molar-refractivity contribution >= 4 is 6.09 Å². The lowest BCUT2D eigenvalue weighted by Crippen LogP contribution is -2.35. The highest BCUT2D eigenvalue weighted by molar-refractivity contribution is 5.67. The predicted molar refractivity (Wildman–Crippen MR) is 99.9 cm³/mol. The number of aliphatic hydroxyl groups is 1. The summed E-state index contributed by atoms with van der Waals surface area (Å²) in [6, 6.07) is 0. The van der Waals surface area contributed by atoms with Crippen molar-refractivity contribution in [2.24, 2.45) is 0 Å². The molecule has 0 saturated heterocycles. The molecule has 1 N–H and O–H groups in total. The van der Waals surface area contributed by atoms with E-state index >= 15 is 0 Å². The molecule has 0 aromatic rings. The van der Waals surface area contributed by atoms with E-state index in [1.807, 2.05) is 6.92 Å². The number of hydrogen-bond acceptors (Lipinski definition) is 5. The second kappa shape index (κ2) is 19.5. The molecular weight excluding hydrogens is 322 g/mol. The van der Waals surface area contributed by atoms with Crippen LogP contribution >= 0.6 is 0 Å². The first-order valence-corrected chi connectivity index (χ1v) is 9.94. The standard InChI is InChI=1S/C19H39NO5/c1-3-5-6-7-8-9-10-11-12-20(19(22)25-4-2)13-15-23-17-18-24-16-14-21/h21H,3-18H2,1-2H3. The number of unbranched alkanes of at least 4 members (excludes halogenated alkanes) is 7. The first kappa shape index (κ1) is 24.1. The maximum absolute atomic E-state index is 12.0. The van der Waals surface area contributed by atoms with Gasteiger partial charge in [0.2, 0.25) is 0 Å². The Kier molecular flexibility index (Phi) is 18.8. The number of hydrogen-bond donors (Lipinski definition) is 1. The highest BCUT2D eigenvalue weighted by Crippen LogP contribution is 2.09. The van der Waals surface area contributed by atoms with E-state index in [0.717, 1.165) is 19.4 Å². The molecule has 150 valence electrons. The van der Waals surface area contributed by atoms with Crippen LogP contribution in [0.15, 0.2) is 0 Å². The molecule has 0 unspecified atom stereocenters. The number of ether oxygens (including phenoxy) is 3. The Hall–Kier alpha value is -0.850. The highest BCUT2D eigenvalue weighted by Gasteiger charge is 2.13. The van der Waals surface area contributed by atoms with Crippen LogP contribution < -0.4 is 0 Å². The highest BCUT2D eigenvalue weighted by atomic mass is 16.6. The van der Waals surface area contributed by atoms with Crippen molar-refractivity contribution in [1.82, 2.24) is 4.90 Å². The minimum Gasteiger partial charge on any atom is -0.450 e. The maximum atomic E-state index is 12.0. The van der Waals surface area contributed by atoms with Crippen LogP contribution in [-0.2, 0) is 14.2 Å². The first-order chi connectivity index (χ1) is 12.3. The van der Waals surface area contributed by atoms with Crippen LogP contribution in [-0.4, -0.2) is 68.8 Å². The van der Waals surface area contributed by atoms with Crippen molar-refractivity contribution in [3.8, 4) is 0 Å². The number of amides is 1. The molecule has 0 aromatic heterocycles. The maximum Gasteiger partial charge on any atom is 0.409 e. The minimum atomic E-state index is -0.259. The zero-order valence-electron chi connectivity index (χ0n) is 16.3. The van der Waals surface area contributed by atoms with Gasteiger partial charge in [-0.15, -0.1) is 0 Å². The Morgan fingerprint density at radius 2 is 1.40 bits per heavy atom. The second-order valence-electron chi connectivity index (χ2n) is 6.11. The Labute approximate surface area is 153 Å². The van der Waals surface area contributed by atoms with Crippen LogP contribution in [0.3, 0.4) is 0 Å². The van der Waals surface area contributed by atoms with Crippen molar-refractivity contribution in [2.75, 3.05) is 52.7 Å². The molecule has 0 spiro atoms. The number of rotatable bonds is 18. The van der Waals surface area contributed by atoms with Gasteiger partial charge in [0, 0.05) is 13.1 Å². The van der Waals surface area contributed by atoms with Gasteiger partial charge in [-0.05, 0) is 13.3 Å². The van der Waals surface area contributed by atoms with Gasteiger partial charge in [0.15, 0.2) is 0 Å². The quantitative estimate of drug-likeness (QED) is 0.378. The van der Waals surface area contributed by atoms with Crippen LogP contribution in [0.25, 0.3) is 0 Å². The number of carbonyl (C=O) groups excluding carboxylic acids is 1. The van der Waals surface area contributed by atoms with E-state index in [1.54, 1.807) is 4.90 Å². The molecule has 0 saturated carbocycles. The molecule has 0 aromatic carbocycles. The van der Waals surface area contributed by atoms with Crippen molar-refractivity contribution < 1.29 is 24.1 Å². The molecule has 0 aliphatic carbocycles. The van der Waals surface area contributed by atoms with Gasteiger partial charge in [0.25, 0.3) is 0 Å². The first-order valence-electron chi connectivity index (χ1n) is 9.94. The Morgan fingerprint density at radius 1 is 0.800 bits per heavy atom. The number of nitrogens with zero attached hydrogens (tertiary/aromatic N) is 1. The van der Waals surface area contributed by atoms with Gasteiger partial charge in [-0.2, -0.15) is 0 Å². The smallest absolute Gasteiger partial charge is 0.409 e. The summed E-state index contributed by atoms with van der Waals surface area (Å²) < 4.78 is 15.7. The van der Waals surface area contributed by atoms with E-state index in [0.29, 0.717) is 39.6 Å². The Bertz CT molecular complexity index is 289. The van der Waals surface area contributed by atoms with E-state index < -0.39 is 0 Å². The summed E-state index contributed by atoms with van der Waals surface area (Å²) in [5.74, 6) is 0. The fourth-order valence-electron chi connectivity index (χ4n) is 2.51. The zero-order valence-corrected chi connectivity index (χ0v) is 16.3. The van der Waals surface area contributed by atoms with Crippen LogP contribution in [0.4, 0.5) is 4.79 Å². The van der Waals surface area contributed by atoms with Crippen LogP contribution in [0.1, 0.15) is 65.2 Å². The van der Waals surface area contributed by atoms with Crippen LogP contribution in [0.5, 0.6) is 0 Å². The molecule has 0 bridgehead atoms. The molecular formula is C19H39NO5. The van der Waals surface area contributed by atoms with Gasteiger partial charge in [-0.25, -0.2) is 4.79 Å². The SMILES string of the molecule is CCCCCCCCCCN(CCOCCOCCO)C(=O)OCC. The molecule has 1 amide bonds. The summed E-state index contributed by atoms with van der Waals surface area (Å²) in [4.78, 5) is 13.7. The molecule has 0 fully saturated rings. The molecule has 6 nitrogen and oxygen atoms in total. The van der Waals surface area contributed by atoms with Crippen molar-refractivity contribution in [3.63, 3.8) is 0 Å². The summed E-state index contributed by atoms with van der Waals surface area (Å²) in [6.07, 6.45) is 9.70. The summed E-state index contributed by atoms with van der Waals surface area (Å²) >= 11 is 0. The van der Waals surface area contributed by atoms with Crippen molar-refractivity contribution in [1.29, 1.82) is 0 Å². The average Bonchev–Trinajstić information content (AvgIpc) is 2.61. The summed E-state index contributed by atoms with van der Waals surface area (Å²) in [7, 11) is 0. The van der Waals surface area contributed by atoms with Gasteiger partial charge in [-0.3, -0.25) is 0 Å². The fourth-order valence-corrected chi connectivity index (χ4v) is 2.51. The van der Waals surface area contributed by atoms with Gasteiger partial charge < -0.3 is 24.2 Å². The van der Waals surface area contributed by atoms with E-state index in [2.05, 4.69) is 6.92 Å². The second-order valence-corrected chi connectivity index (χ2v) is 6.11. The third-order valence-electron chi connectivity index (χ3n) is 3.92. The van der Waals surface area contributed by atoms with Gasteiger partial charge >= 0.3 is 6.09 Å². The summed E-state index contributed by atoms with van der Waals surface area (Å²) in [6.45, 7) is 7.45. The lowest BCUT2D eigenvalue weighted by molar-refractivity contribution is 0.0250. The monoisotopic (exact) mass is 361 g/mol. The van der Waals surface area contributed by atoms with E-state index in [4.69, 9.17) is 19.3 Å². The topological polar surface area (TPSA) is 68.2 Å². The molecule has 0 atom stereocenters. The number of carbonyl (C=O) groups is 1. The van der Waals surface area contributed by atoms with Gasteiger partial charge in [-0.1, -0.05) is 51.9 Å². The van der Waals surface area contributed by atoms with E-state index in [1.165, 1.54) is 38.5 Å². The van der Waals surface area contributed by atoms with Crippen LogP contribution in [0, 0.1) is 0 Å². The third-order valence-corrected chi connectivity index (χ3v) is 3.92. The molecule has 0 radical (unpaired) electrons. The average molecular weight is 362 g/mol. The lowest BCUT2D eigenvalue weighted by atomic mass is 10.1. The lowest BCUT2D eigenvalue weighted by Gasteiger charge is -2.21. The summed E-state index contributed by atoms with van der Waals surface area (Å²) in [5.41, 5.74) is 0. The number of aliphatic hydroxyl groups excluding tert-OH is 1. The molecule has 6 heteroatoms. The zero-order chi connectivity index (χ0) is 18.6. The van der Waals surface area contributed by atoms with Crippen molar-refractivity contribution in [2.45, 2.75) is 65.2 Å². The summed E-state index contributed by atoms with van der Waals surface area (Å²) in [5, 5.41) is 8.60. The molecule has 0 aliphatic rings. The molecule has 0 heterocycles. The Morgan fingerprint density at radius 3 is 2.00 bits per heavy atom. The van der Waals surface area contributed by atoms with Crippen molar-refractivity contribution in [3.05, 3.63) is 0 Å². The third kappa shape index (κ3) is 16.4. The molecule has 0 rings (SSSR count). The van der Waals surface area contributed by atoms with E-state index in [-0.39, 0.29) is 12.7 Å². The molecule has 0 aliphatic heterocycles.